The third kappa shape index (κ3) is 3.55. The van der Waals surface area contributed by atoms with Crippen molar-refractivity contribution in [1.82, 2.24) is 4.98 Å². The lowest BCUT2D eigenvalue weighted by Crippen LogP contribution is -2.10. The molecule has 138 valence electrons. The average molecular weight is 373 g/mol. The van der Waals surface area contributed by atoms with E-state index in [0.717, 1.165) is 11.3 Å². The monoisotopic (exact) mass is 373 g/mol. The van der Waals surface area contributed by atoms with E-state index in [1.165, 1.54) is 24.3 Å². The summed E-state index contributed by atoms with van der Waals surface area (Å²) >= 11 is 0. The Labute approximate surface area is 161 Å². The number of methoxy groups -OCH3 is 1. The SMILES string of the molecule is COc1ccc(-c2cc(C(=O)Oc3ccc(F)cc3)c3ccccc3n2)cc1. The number of hydrogen-bond acceptors (Lipinski definition) is 4. The van der Waals surface area contributed by atoms with Crippen molar-refractivity contribution in [2.45, 2.75) is 0 Å². The molecule has 1 heterocycles. The van der Waals surface area contributed by atoms with Crippen molar-refractivity contribution in [1.29, 1.82) is 0 Å². The van der Waals surface area contributed by atoms with Gasteiger partial charge in [0.1, 0.15) is 17.3 Å². The normalized spacial score (nSPS) is 10.6. The number of ether oxygens (including phenoxy) is 2. The number of halogens is 1. The molecule has 0 N–H and O–H groups in total. The van der Waals surface area contributed by atoms with Gasteiger partial charge in [-0.25, -0.2) is 14.2 Å². The molecule has 0 saturated carbocycles. The van der Waals surface area contributed by atoms with Crippen molar-refractivity contribution >= 4 is 16.9 Å². The first kappa shape index (κ1) is 17.7. The van der Waals surface area contributed by atoms with Crippen LogP contribution in [0, 0.1) is 5.82 Å². The summed E-state index contributed by atoms with van der Waals surface area (Å²) in [7, 11) is 1.60. The highest BCUT2D eigenvalue weighted by molar-refractivity contribution is 6.05. The summed E-state index contributed by atoms with van der Waals surface area (Å²) in [4.78, 5) is 17.5. The molecule has 5 heteroatoms. The fraction of sp³-hybridized carbons (Fsp3) is 0.0435. The van der Waals surface area contributed by atoms with Gasteiger partial charge in [0.2, 0.25) is 0 Å². The summed E-state index contributed by atoms with van der Waals surface area (Å²) in [6.07, 6.45) is 0. The average Bonchev–Trinajstić information content (AvgIpc) is 2.74. The zero-order valence-corrected chi connectivity index (χ0v) is 15.1. The van der Waals surface area contributed by atoms with Crippen LogP contribution in [-0.2, 0) is 0 Å². The molecule has 3 aromatic carbocycles. The predicted molar refractivity (Wildman–Crippen MR) is 105 cm³/mol. The first-order chi connectivity index (χ1) is 13.6. The summed E-state index contributed by atoms with van der Waals surface area (Å²) in [6, 6.07) is 21.8. The molecule has 0 fully saturated rings. The third-order valence-corrected chi connectivity index (χ3v) is 4.35. The molecule has 0 spiro atoms. The van der Waals surface area contributed by atoms with Crippen LogP contribution in [0.15, 0.2) is 78.9 Å². The number of hydrogen-bond donors (Lipinski definition) is 0. The van der Waals surface area contributed by atoms with Crippen LogP contribution in [-0.4, -0.2) is 18.1 Å². The number of benzene rings is 3. The highest BCUT2D eigenvalue weighted by atomic mass is 19.1. The first-order valence-corrected chi connectivity index (χ1v) is 8.66. The summed E-state index contributed by atoms with van der Waals surface area (Å²) in [5.74, 6) is 0.0923. The zero-order valence-electron chi connectivity index (χ0n) is 15.1. The van der Waals surface area contributed by atoms with E-state index in [1.807, 2.05) is 48.5 Å². The second kappa shape index (κ2) is 7.48. The van der Waals surface area contributed by atoms with Crippen molar-refractivity contribution in [3.8, 4) is 22.8 Å². The molecule has 0 amide bonds. The number of carbonyl (C=O) groups is 1. The molecule has 0 aliphatic heterocycles. The number of nitrogens with zero attached hydrogens (tertiary/aromatic N) is 1. The van der Waals surface area contributed by atoms with Crippen LogP contribution in [0.3, 0.4) is 0 Å². The predicted octanol–water partition coefficient (Wildman–Crippen LogP) is 5.27. The maximum atomic E-state index is 13.1. The molecule has 0 bridgehead atoms. The van der Waals surface area contributed by atoms with Crippen LogP contribution in [0.5, 0.6) is 11.5 Å². The number of carbonyl (C=O) groups excluding carboxylic acids is 1. The molecule has 1 aromatic heterocycles. The lowest BCUT2D eigenvalue weighted by Gasteiger charge is -2.10. The molecule has 4 nitrogen and oxygen atoms in total. The molecule has 4 aromatic rings. The van der Waals surface area contributed by atoms with Gasteiger partial charge in [-0.1, -0.05) is 18.2 Å². The van der Waals surface area contributed by atoms with Gasteiger partial charge in [-0.3, -0.25) is 0 Å². The van der Waals surface area contributed by atoms with Crippen molar-refractivity contribution < 1.29 is 18.7 Å². The van der Waals surface area contributed by atoms with Crippen molar-refractivity contribution in [3.05, 3.63) is 90.2 Å². The van der Waals surface area contributed by atoms with Gasteiger partial charge in [-0.05, 0) is 60.7 Å². The Hall–Kier alpha value is -3.73. The van der Waals surface area contributed by atoms with E-state index in [1.54, 1.807) is 13.2 Å². The minimum Gasteiger partial charge on any atom is -0.497 e. The van der Waals surface area contributed by atoms with Crippen molar-refractivity contribution in [3.63, 3.8) is 0 Å². The summed E-state index contributed by atoms with van der Waals surface area (Å²) < 4.78 is 23.7. The molecular formula is C23H16FNO3. The van der Waals surface area contributed by atoms with E-state index in [9.17, 15) is 9.18 Å². The summed E-state index contributed by atoms with van der Waals surface area (Å²) in [6.45, 7) is 0. The number of fused-ring (bicyclic) bond motifs is 1. The van der Waals surface area contributed by atoms with Crippen molar-refractivity contribution in [2.75, 3.05) is 7.11 Å². The molecule has 0 radical (unpaired) electrons. The zero-order chi connectivity index (χ0) is 19.5. The van der Waals surface area contributed by atoms with Gasteiger partial charge >= 0.3 is 5.97 Å². The van der Waals surface area contributed by atoms with Crippen LogP contribution in [0.4, 0.5) is 4.39 Å². The Morgan fingerprint density at radius 1 is 0.893 bits per heavy atom. The number of pyridine rings is 1. The Morgan fingerprint density at radius 3 is 2.29 bits per heavy atom. The highest BCUT2D eigenvalue weighted by Crippen LogP contribution is 2.27. The lowest BCUT2D eigenvalue weighted by molar-refractivity contribution is 0.0736. The van der Waals surface area contributed by atoms with E-state index < -0.39 is 11.8 Å². The van der Waals surface area contributed by atoms with Crippen LogP contribution < -0.4 is 9.47 Å². The molecule has 0 unspecified atom stereocenters. The van der Waals surface area contributed by atoms with Crippen LogP contribution >= 0.6 is 0 Å². The molecule has 0 atom stereocenters. The maximum Gasteiger partial charge on any atom is 0.344 e. The summed E-state index contributed by atoms with van der Waals surface area (Å²) in [5, 5.41) is 0.687. The molecular weight excluding hydrogens is 357 g/mol. The van der Waals surface area contributed by atoms with Gasteiger partial charge in [0.15, 0.2) is 0 Å². The van der Waals surface area contributed by atoms with Gasteiger partial charge in [-0.2, -0.15) is 0 Å². The molecule has 0 aliphatic carbocycles. The molecule has 0 aliphatic rings. The van der Waals surface area contributed by atoms with Crippen LogP contribution in [0.25, 0.3) is 22.2 Å². The second-order valence-electron chi connectivity index (χ2n) is 6.14. The molecule has 4 rings (SSSR count). The smallest absolute Gasteiger partial charge is 0.344 e. The van der Waals surface area contributed by atoms with Gasteiger partial charge < -0.3 is 9.47 Å². The van der Waals surface area contributed by atoms with Crippen LogP contribution in [0.2, 0.25) is 0 Å². The number of para-hydroxylation sites is 1. The van der Waals surface area contributed by atoms with Crippen LogP contribution in [0.1, 0.15) is 10.4 Å². The fourth-order valence-corrected chi connectivity index (χ4v) is 2.92. The van der Waals surface area contributed by atoms with E-state index >= 15 is 0 Å². The van der Waals surface area contributed by atoms with E-state index in [4.69, 9.17) is 9.47 Å². The van der Waals surface area contributed by atoms with Gasteiger partial charge in [0, 0.05) is 10.9 Å². The van der Waals surface area contributed by atoms with E-state index in [-0.39, 0.29) is 5.75 Å². The van der Waals surface area contributed by atoms with Gasteiger partial charge in [0.05, 0.1) is 23.9 Å². The van der Waals surface area contributed by atoms with Gasteiger partial charge in [0.25, 0.3) is 0 Å². The topological polar surface area (TPSA) is 48.4 Å². The number of esters is 1. The Bertz CT molecular complexity index is 1140. The molecule has 28 heavy (non-hydrogen) atoms. The lowest BCUT2D eigenvalue weighted by atomic mass is 10.0. The quantitative estimate of drug-likeness (QED) is 0.361. The number of rotatable bonds is 4. The standard InChI is InChI=1S/C23H16FNO3/c1-27-17-10-6-15(7-11-17)22-14-20(19-4-2-3-5-21(19)25-22)23(26)28-18-12-8-16(24)9-13-18/h2-14H,1H3. The Morgan fingerprint density at radius 2 is 1.57 bits per heavy atom. The van der Waals surface area contributed by atoms with Crippen molar-refractivity contribution in [2.24, 2.45) is 0 Å². The van der Waals surface area contributed by atoms with E-state index in [0.29, 0.717) is 22.2 Å². The highest BCUT2D eigenvalue weighted by Gasteiger charge is 2.16. The largest absolute Gasteiger partial charge is 0.497 e. The maximum absolute atomic E-state index is 13.1. The molecule has 0 saturated heterocycles. The third-order valence-electron chi connectivity index (χ3n) is 4.35. The fourth-order valence-electron chi connectivity index (χ4n) is 2.92. The minimum absolute atomic E-state index is 0.276. The number of aromatic nitrogens is 1. The van der Waals surface area contributed by atoms with E-state index in [2.05, 4.69) is 4.98 Å². The Kier molecular flexibility index (Phi) is 4.72. The second-order valence-corrected chi connectivity index (χ2v) is 6.14. The summed E-state index contributed by atoms with van der Waals surface area (Å²) in [5.41, 5.74) is 2.57. The minimum atomic E-state index is -0.528. The first-order valence-electron chi connectivity index (χ1n) is 8.66. The van der Waals surface area contributed by atoms with Gasteiger partial charge in [-0.15, -0.1) is 0 Å². The Balaban J connectivity index is 1.77.